The second kappa shape index (κ2) is 4.33. The van der Waals surface area contributed by atoms with Crippen LogP contribution in [0.1, 0.15) is 23.5 Å². The topological polar surface area (TPSA) is 0 Å². The van der Waals surface area contributed by atoms with Gasteiger partial charge < -0.3 is 0 Å². The first kappa shape index (κ1) is 12.2. The summed E-state index contributed by atoms with van der Waals surface area (Å²) in [5.74, 6) is 1.80. The summed E-state index contributed by atoms with van der Waals surface area (Å²) in [4.78, 5) is 0. The molecular formula is C22H18. The summed E-state index contributed by atoms with van der Waals surface area (Å²) in [5.41, 5.74) is 5.57. The maximum Gasteiger partial charge on any atom is 0.00699 e. The first-order valence-corrected chi connectivity index (χ1v) is 8.10. The second-order valence-electron chi connectivity index (χ2n) is 6.70. The van der Waals surface area contributed by atoms with E-state index >= 15 is 0 Å². The van der Waals surface area contributed by atoms with E-state index in [2.05, 4.69) is 73.4 Å². The molecule has 0 heteroatoms. The molecule has 0 saturated heterocycles. The number of allylic oxidation sites excluding steroid dienone is 7. The van der Waals surface area contributed by atoms with Crippen LogP contribution in [0, 0.1) is 11.8 Å². The van der Waals surface area contributed by atoms with Crippen LogP contribution in [0.4, 0.5) is 0 Å². The lowest BCUT2D eigenvalue weighted by Gasteiger charge is -2.25. The molecule has 2 aromatic rings. The van der Waals surface area contributed by atoms with Gasteiger partial charge in [-0.05, 0) is 51.9 Å². The monoisotopic (exact) mass is 282 g/mol. The molecule has 0 amide bonds. The lowest BCUT2D eigenvalue weighted by Crippen LogP contribution is -2.09. The minimum atomic E-state index is 0.563. The van der Waals surface area contributed by atoms with Crippen LogP contribution >= 0.6 is 0 Å². The molecule has 0 bridgehead atoms. The Labute approximate surface area is 131 Å². The molecule has 2 aromatic carbocycles. The van der Waals surface area contributed by atoms with E-state index in [0.29, 0.717) is 17.8 Å². The summed E-state index contributed by atoms with van der Waals surface area (Å²) >= 11 is 0. The Hall–Kier alpha value is -2.34. The minimum Gasteiger partial charge on any atom is -0.0911 e. The molecule has 106 valence electrons. The Balaban J connectivity index is 1.73. The quantitative estimate of drug-likeness (QED) is 0.586. The predicted molar refractivity (Wildman–Crippen MR) is 93.7 cm³/mol. The van der Waals surface area contributed by atoms with Crippen LogP contribution in [-0.2, 0) is 0 Å². The van der Waals surface area contributed by atoms with E-state index < -0.39 is 0 Å². The third-order valence-corrected chi connectivity index (χ3v) is 5.52. The van der Waals surface area contributed by atoms with Gasteiger partial charge in [0.05, 0.1) is 0 Å². The molecule has 3 aliphatic carbocycles. The highest BCUT2D eigenvalue weighted by Crippen LogP contribution is 2.53. The van der Waals surface area contributed by atoms with Crippen molar-refractivity contribution in [1.82, 2.24) is 0 Å². The molecule has 0 heterocycles. The largest absolute Gasteiger partial charge is 0.0911 e. The van der Waals surface area contributed by atoms with E-state index in [1.54, 1.807) is 5.57 Å². The van der Waals surface area contributed by atoms with Gasteiger partial charge in [0.2, 0.25) is 0 Å². The summed E-state index contributed by atoms with van der Waals surface area (Å²) in [6.07, 6.45) is 12.7. The molecule has 0 spiro atoms. The van der Waals surface area contributed by atoms with Crippen LogP contribution in [0.15, 0.2) is 78.9 Å². The number of benzene rings is 2. The summed E-state index contributed by atoms with van der Waals surface area (Å²) in [5, 5.41) is 2.66. The third kappa shape index (κ3) is 1.58. The van der Waals surface area contributed by atoms with Crippen LogP contribution in [0.25, 0.3) is 16.3 Å². The fraction of sp³-hybridized carbons (Fsp3) is 0.182. The number of hydrogen-bond donors (Lipinski definition) is 0. The van der Waals surface area contributed by atoms with Crippen molar-refractivity contribution in [2.24, 2.45) is 11.8 Å². The first-order valence-electron chi connectivity index (χ1n) is 8.10. The fourth-order valence-corrected chi connectivity index (χ4v) is 4.48. The highest BCUT2D eigenvalue weighted by atomic mass is 14.4. The van der Waals surface area contributed by atoms with Crippen molar-refractivity contribution < 1.29 is 0 Å². The minimum absolute atomic E-state index is 0.563. The normalized spacial score (nSPS) is 28.3. The van der Waals surface area contributed by atoms with Crippen molar-refractivity contribution in [2.45, 2.75) is 12.3 Å². The lowest BCUT2D eigenvalue weighted by molar-refractivity contribution is 0.581. The van der Waals surface area contributed by atoms with Gasteiger partial charge in [-0.1, -0.05) is 66.8 Å². The van der Waals surface area contributed by atoms with Crippen LogP contribution in [-0.4, -0.2) is 0 Å². The zero-order chi connectivity index (χ0) is 14.7. The Morgan fingerprint density at radius 2 is 1.73 bits per heavy atom. The summed E-state index contributed by atoms with van der Waals surface area (Å²) in [6.45, 7) is 4.34. The van der Waals surface area contributed by atoms with Gasteiger partial charge >= 0.3 is 0 Å². The van der Waals surface area contributed by atoms with Crippen LogP contribution in [0.5, 0.6) is 0 Å². The Kier molecular flexibility index (Phi) is 2.41. The Bertz CT molecular complexity index is 891. The molecule has 1 saturated carbocycles. The molecule has 0 N–H and O–H groups in total. The summed E-state index contributed by atoms with van der Waals surface area (Å²) in [7, 11) is 0. The van der Waals surface area contributed by atoms with Crippen molar-refractivity contribution >= 4 is 16.3 Å². The van der Waals surface area contributed by atoms with Gasteiger partial charge in [0.25, 0.3) is 0 Å². The standard InChI is InChI=1S/C22H18/c1-14-10-20-18-9-5-4-8-17(18)13-22(20)21-12-16-7-3-2-6-15(16)11-19(14)21/h2-12,17-18,22H,1,13H2. The van der Waals surface area contributed by atoms with Gasteiger partial charge in [0.15, 0.2) is 0 Å². The van der Waals surface area contributed by atoms with Crippen molar-refractivity contribution in [3.8, 4) is 0 Å². The smallest absolute Gasteiger partial charge is 0.00699 e. The average molecular weight is 282 g/mol. The zero-order valence-corrected chi connectivity index (χ0v) is 12.5. The molecule has 3 unspecified atom stereocenters. The van der Waals surface area contributed by atoms with Gasteiger partial charge in [-0.15, -0.1) is 0 Å². The van der Waals surface area contributed by atoms with Crippen LogP contribution in [0.2, 0.25) is 0 Å². The van der Waals surface area contributed by atoms with E-state index in [0.717, 1.165) is 0 Å². The van der Waals surface area contributed by atoms with Gasteiger partial charge in [0.1, 0.15) is 0 Å². The molecule has 3 atom stereocenters. The number of rotatable bonds is 0. The number of fused-ring (bicyclic) bond motifs is 6. The highest BCUT2D eigenvalue weighted by molar-refractivity contribution is 5.91. The molecule has 3 aliphatic rings. The Morgan fingerprint density at radius 1 is 0.955 bits per heavy atom. The summed E-state index contributed by atoms with van der Waals surface area (Å²) in [6, 6.07) is 13.4. The zero-order valence-electron chi connectivity index (χ0n) is 12.5. The molecule has 22 heavy (non-hydrogen) atoms. The lowest BCUT2D eigenvalue weighted by atomic mass is 9.78. The van der Waals surface area contributed by atoms with Crippen molar-refractivity contribution in [3.63, 3.8) is 0 Å². The molecular weight excluding hydrogens is 264 g/mol. The average Bonchev–Trinajstić information content (AvgIpc) is 2.93. The predicted octanol–water partition coefficient (Wildman–Crippen LogP) is 5.64. The molecule has 0 aromatic heterocycles. The van der Waals surface area contributed by atoms with Crippen LogP contribution < -0.4 is 0 Å². The van der Waals surface area contributed by atoms with E-state index in [-0.39, 0.29) is 0 Å². The second-order valence-corrected chi connectivity index (χ2v) is 6.70. The molecule has 5 rings (SSSR count). The van der Waals surface area contributed by atoms with E-state index in [1.165, 1.54) is 33.9 Å². The van der Waals surface area contributed by atoms with E-state index in [1.807, 2.05) is 0 Å². The summed E-state index contributed by atoms with van der Waals surface area (Å²) < 4.78 is 0. The Morgan fingerprint density at radius 3 is 2.59 bits per heavy atom. The van der Waals surface area contributed by atoms with Gasteiger partial charge in [-0.25, -0.2) is 0 Å². The molecule has 0 aliphatic heterocycles. The van der Waals surface area contributed by atoms with Gasteiger partial charge in [0, 0.05) is 11.8 Å². The van der Waals surface area contributed by atoms with Gasteiger partial charge in [-0.3, -0.25) is 0 Å². The molecule has 0 nitrogen and oxygen atoms in total. The van der Waals surface area contributed by atoms with E-state index in [9.17, 15) is 0 Å². The maximum absolute atomic E-state index is 4.34. The number of hydrogen-bond acceptors (Lipinski definition) is 0. The SMILES string of the molecule is C=C1C=C2C(CC3C=CC=CC23)c2cc3ccccc3cc21. The molecule has 0 radical (unpaired) electrons. The van der Waals surface area contributed by atoms with Gasteiger partial charge in [-0.2, -0.15) is 0 Å². The van der Waals surface area contributed by atoms with Crippen molar-refractivity contribution in [1.29, 1.82) is 0 Å². The highest BCUT2D eigenvalue weighted by Gasteiger charge is 2.40. The third-order valence-electron chi connectivity index (χ3n) is 5.52. The molecule has 1 fully saturated rings. The van der Waals surface area contributed by atoms with Crippen molar-refractivity contribution in [3.05, 3.63) is 90.1 Å². The van der Waals surface area contributed by atoms with Crippen molar-refractivity contribution in [2.75, 3.05) is 0 Å². The fourth-order valence-electron chi connectivity index (χ4n) is 4.48. The first-order chi connectivity index (χ1) is 10.8. The maximum atomic E-state index is 4.34. The van der Waals surface area contributed by atoms with E-state index in [4.69, 9.17) is 0 Å². The van der Waals surface area contributed by atoms with Crippen LogP contribution in [0.3, 0.4) is 0 Å².